The van der Waals surface area contributed by atoms with Gasteiger partial charge >= 0.3 is 5.76 Å². The number of nitrogens with zero attached hydrogens (tertiary/aromatic N) is 1. The Morgan fingerprint density at radius 1 is 1.20 bits per heavy atom. The second-order valence-electron chi connectivity index (χ2n) is 4.91. The van der Waals surface area contributed by atoms with E-state index in [2.05, 4.69) is 4.90 Å². The molecule has 112 valence electrons. The van der Waals surface area contributed by atoms with Crippen molar-refractivity contribution in [3.05, 3.63) is 24.3 Å². The third-order valence-corrected chi connectivity index (χ3v) is 5.04. The lowest BCUT2D eigenvalue weighted by Gasteiger charge is -2.32. The van der Waals surface area contributed by atoms with E-state index in [1.807, 2.05) is 0 Å². The molecule has 0 saturated carbocycles. The Hall–Kier alpha value is -1.21. The van der Waals surface area contributed by atoms with E-state index in [9.17, 15) is 17.2 Å². The molecule has 2 rings (SSSR count). The van der Waals surface area contributed by atoms with Gasteiger partial charge in [-0.25, -0.2) is 8.42 Å². The van der Waals surface area contributed by atoms with Gasteiger partial charge < -0.3 is 10.0 Å². The van der Waals surface area contributed by atoms with Gasteiger partial charge in [-0.3, -0.25) is 0 Å². The Morgan fingerprint density at radius 3 is 2.20 bits per heavy atom. The molecule has 1 saturated heterocycles. The third kappa shape index (κ3) is 3.09. The highest BCUT2D eigenvalue weighted by Crippen LogP contribution is 2.25. The van der Waals surface area contributed by atoms with Gasteiger partial charge in [-0.05, 0) is 43.0 Å². The van der Waals surface area contributed by atoms with Crippen molar-refractivity contribution in [3.63, 3.8) is 0 Å². The number of hydrogen-bond donors (Lipinski definition) is 1. The van der Waals surface area contributed by atoms with E-state index in [-0.39, 0.29) is 11.5 Å². The van der Waals surface area contributed by atoms with Crippen LogP contribution in [0, 0.1) is 5.92 Å². The first kappa shape index (κ1) is 15.2. The minimum Gasteiger partial charge on any atom is -0.396 e. The van der Waals surface area contributed by atoms with Crippen molar-refractivity contribution >= 4 is 15.5 Å². The summed E-state index contributed by atoms with van der Waals surface area (Å²) in [6.07, 6.45) is 1.74. The van der Waals surface area contributed by atoms with Crippen molar-refractivity contribution in [2.45, 2.75) is 23.5 Å². The van der Waals surface area contributed by atoms with Gasteiger partial charge in [-0.2, -0.15) is 8.78 Å². The Kier molecular flexibility index (Phi) is 4.59. The highest BCUT2D eigenvalue weighted by molar-refractivity contribution is 7.91. The molecule has 0 aliphatic carbocycles. The van der Waals surface area contributed by atoms with Crippen LogP contribution < -0.4 is 4.90 Å². The van der Waals surface area contributed by atoms with Crippen molar-refractivity contribution in [3.8, 4) is 0 Å². The Bertz CT molecular complexity index is 537. The van der Waals surface area contributed by atoms with Crippen LogP contribution in [0.4, 0.5) is 14.5 Å². The quantitative estimate of drug-likeness (QED) is 0.923. The maximum absolute atomic E-state index is 12.4. The topological polar surface area (TPSA) is 57.6 Å². The first-order valence-electron chi connectivity index (χ1n) is 6.43. The van der Waals surface area contributed by atoms with Gasteiger partial charge in [0.15, 0.2) is 0 Å². The molecule has 1 aromatic rings. The summed E-state index contributed by atoms with van der Waals surface area (Å²) in [5.41, 5.74) is 0.814. The number of aliphatic hydroxyl groups excluding tert-OH is 1. The molecule has 1 aromatic carbocycles. The van der Waals surface area contributed by atoms with Gasteiger partial charge in [0.25, 0.3) is 0 Å². The molecule has 4 nitrogen and oxygen atoms in total. The van der Waals surface area contributed by atoms with Gasteiger partial charge in [0.2, 0.25) is 9.84 Å². The average Bonchev–Trinajstić information content (AvgIpc) is 2.47. The van der Waals surface area contributed by atoms with Crippen LogP contribution in [0.25, 0.3) is 0 Å². The Labute approximate surface area is 116 Å². The fourth-order valence-electron chi connectivity index (χ4n) is 2.32. The molecule has 0 amide bonds. The van der Waals surface area contributed by atoms with Gasteiger partial charge in [0.1, 0.15) is 0 Å². The van der Waals surface area contributed by atoms with Gasteiger partial charge in [-0.1, -0.05) is 0 Å². The van der Waals surface area contributed by atoms with E-state index in [1.165, 1.54) is 12.1 Å². The van der Waals surface area contributed by atoms with Crippen LogP contribution >= 0.6 is 0 Å². The summed E-state index contributed by atoms with van der Waals surface area (Å²) in [6.45, 7) is 1.72. The minimum atomic E-state index is -4.52. The molecule has 0 bridgehead atoms. The molecule has 1 fully saturated rings. The zero-order chi connectivity index (χ0) is 14.8. The van der Waals surface area contributed by atoms with Crippen LogP contribution in [0.1, 0.15) is 12.8 Å². The molecule has 1 heterocycles. The molecule has 0 atom stereocenters. The van der Waals surface area contributed by atoms with Crippen LogP contribution in [-0.4, -0.2) is 39.0 Å². The standard InChI is InChI=1S/C13H17F2NO3S/c14-13(15)20(18,19)12-3-1-11(2-4-12)16-7-5-10(9-17)6-8-16/h1-4,10,13,17H,5-9H2. The van der Waals surface area contributed by atoms with Crippen LogP contribution in [0.3, 0.4) is 0 Å². The normalized spacial score (nSPS) is 17.7. The summed E-state index contributed by atoms with van der Waals surface area (Å²) >= 11 is 0. The SMILES string of the molecule is O=S(=O)(c1ccc(N2CCC(CO)CC2)cc1)C(F)F. The maximum Gasteiger partial charge on any atom is 0.341 e. The maximum atomic E-state index is 12.4. The number of piperidine rings is 1. The van der Waals surface area contributed by atoms with Crippen LogP contribution in [0.2, 0.25) is 0 Å². The summed E-state index contributed by atoms with van der Waals surface area (Å²) in [5, 5.41) is 9.07. The lowest BCUT2D eigenvalue weighted by molar-refractivity contribution is 0.203. The number of halogens is 2. The van der Waals surface area contributed by atoms with Crippen molar-refractivity contribution in [2.75, 3.05) is 24.6 Å². The first-order chi connectivity index (χ1) is 9.45. The lowest BCUT2D eigenvalue weighted by atomic mass is 9.97. The van der Waals surface area contributed by atoms with Gasteiger partial charge in [0.05, 0.1) is 4.90 Å². The highest BCUT2D eigenvalue weighted by Gasteiger charge is 2.26. The number of benzene rings is 1. The number of aliphatic hydroxyl groups is 1. The predicted octanol–water partition coefficient (Wildman–Crippen LogP) is 1.89. The van der Waals surface area contributed by atoms with Crippen molar-refractivity contribution in [1.82, 2.24) is 0 Å². The zero-order valence-corrected chi connectivity index (χ0v) is 11.7. The monoisotopic (exact) mass is 305 g/mol. The van der Waals surface area contributed by atoms with E-state index in [0.717, 1.165) is 31.6 Å². The second kappa shape index (κ2) is 6.05. The summed E-state index contributed by atoms with van der Waals surface area (Å²) in [7, 11) is -4.52. The molecule has 0 spiro atoms. The first-order valence-corrected chi connectivity index (χ1v) is 7.97. The summed E-state index contributed by atoms with van der Waals surface area (Å²) < 4.78 is 47.4. The molecule has 0 aromatic heterocycles. The number of sulfone groups is 1. The molecule has 1 N–H and O–H groups in total. The van der Waals surface area contributed by atoms with Gasteiger partial charge in [0, 0.05) is 25.4 Å². The summed E-state index contributed by atoms with van der Waals surface area (Å²) in [5.74, 6) is -3.08. The molecule has 20 heavy (non-hydrogen) atoms. The number of anilines is 1. The fourth-order valence-corrected chi connectivity index (χ4v) is 3.04. The van der Waals surface area contributed by atoms with E-state index < -0.39 is 15.6 Å². The molecular formula is C13H17F2NO3S. The number of hydrogen-bond acceptors (Lipinski definition) is 4. The van der Waals surface area contributed by atoms with Crippen molar-refractivity contribution in [1.29, 1.82) is 0 Å². The van der Waals surface area contributed by atoms with Crippen LogP contribution in [0.5, 0.6) is 0 Å². The van der Waals surface area contributed by atoms with E-state index in [0.29, 0.717) is 5.92 Å². The van der Waals surface area contributed by atoms with Crippen LogP contribution in [0.15, 0.2) is 29.2 Å². The molecule has 0 unspecified atom stereocenters. The largest absolute Gasteiger partial charge is 0.396 e. The average molecular weight is 305 g/mol. The lowest BCUT2D eigenvalue weighted by Crippen LogP contribution is -2.34. The van der Waals surface area contributed by atoms with E-state index in [4.69, 9.17) is 5.11 Å². The summed E-state index contributed by atoms with van der Waals surface area (Å²) in [6, 6.07) is 5.53. The molecule has 1 aliphatic rings. The second-order valence-corrected chi connectivity index (χ2v) is 6.83. The van der Waals surface area contributed by atoms with E-state index >= 15 is 0 Å². The van der Waals surface area contributed by atoms with Crippen LogP contribution in [-0.2, 0) is 9.84 Å². The Morgan fingerprint density at radius 2 is 1.75 bits per heavy atom. The smallest absolute Gasteiger partial charge is 0.341 e. The van der Waals surface area contributed by atoms with Gasteiger partial charge in [-0.15, -0.1) is 0 Å². The summed E-state index contributed by atoms with van der Waals surface area (Å²) in [4.78, 5) is 1.70. The molecule has 0 radical (unpaired) electrons. The fraction of sp³-hybridized carbons (Fsp3) is 0.538. The van der Waals surface area contributed by atoms with Crippen molar-refractivity contribution in [2.24, 2.45) is 5.92 Å². The predicted molar refractivity (Wildman–Crippen MR) is 71.7 cm³/mol. The molecular weight excluding hydrogens is 288 g/mol. The van der Waals surface area contributed by atoms with Crippen molar-refractivity contribution < 1.29 is 22.3 Å². The van der Waals surface area contributed by atoms with E-state index in [1.54, 1.807) is 12.1 Å². The number of alkyl halides is 2. The third-order valence-electron chi connectivity index (χ3n) is 3.64. The Balaban J connectivity index is 2.10. The molecule has 1 aliphatic heterocycles. The zero-order valence-electron chi connectivity index (χ0n) is 10.9. The molecule has 7 heteroatoms. The number of rotatable bonds is 4. The highest BCUT2D eigenvalue weighted by atomic mass is 32.2. The minimum absolute atomic E-state index is 0.180.